The molecule has 0 spiro atoms. The summed E-state index contributed by atoms with van der Waals surface area (Å²) in [6.45, 7) is 0.503. The highest BCUT2D eigenvalue weighted by molar-refractivity contribution is 5.48. The average molecular weight is 210 g/mol. The Kier molecular flexibility index (Phi) is 2.94. The minimum atomic E-state index is -0.549. The Morgan fingerprint density at radius 3 is 3.00 bits per heavy atom. The molecule has 1 heterocycles. The van der Waals surface area contributed by atoms with Crippen LogP contribution in [0.2, 0.25) is 0 Å². The molecule has 0 saturated carbocycles. The van der Waals surface area contributed by atoms with Crippen molar-refractivity contribution in [3.05, 3.63) is 35.4 Å². The molecular formula is C11H10F2NO. The Labute approximate surface area is 86.6 Å². The first-order valence-corrected chi connectivity index (χ1v) is 4.76. The van der Waals surface area contributed by atoms with Gasteiger partial charge in [-0.15, -0.1) is 0 Å². The van der Waals surface area contributed by atoms with E-state index in [4.69, 9.17) is 4.74 Å². The average Bonchev–Trinajstić information content (AvgIpc) is 2.69. The highest BCUT2D eigenvalue weighted by atomic mass is 19.1. The van der Waals surface area contributed by atoms with Crippen LogP contribution in [0.15, 0.2) is 23.2 Å². The van der Waals surface area contributed by atoms with Gasteiger partial charge in [0.15, 0.2) is 0 Å². The van der Waals surface area contributed by atoms with E-state index in [1.807, 2.05) is 0 Å². The fourth-order valence-corrected chi connectivity index (χ4v) is 1.48. The lowest BCUT2D eigenvalue weighted by Gasteiger charge is -2.06. The molecule has 15 heavy (non-hydrogen) atoms. The van der Waals surface area contributed by atoms with Gasteiger partial charge in [0.05, 0.1) is 6.04 Å². The zero-order valence-corrected chi connectivity index (χ0v) is 8.04. The van der Waals surface area contributed by atoms with E-state index in [1.165, 1.54) is 12.1 Å². The fourth-order valence-electron chi connectivity index (χ4n) is 1.48. The van der Waals surface area contributed by atoms with E-state index in [-0.39, 0.29) is 6.04 Å². The van der Waals surface area contributed by atoms with Crippen LogP contribution in [0.5, 0.6) is 0 Å². The van der Waals surface area contributed by atoms with Crippen LogP contribution < -0.4 is 0 Å². The monoisotopic (exact) mass is 210 g/mol. The minimum Gasteiger partial charge on any atom is -0.472 e. The van der Waals surface area contributed by atoms with Crippen molar-refractivity contribution in [1.29, 1.82) is 0 Å². The van der Waals surface area contributed by atoms with Crippen molar-refractivity contribution in [3.8, 4) is 0 Å². The third-order valence-corrected chi connectivity index (χ3v) is 2.34. The normalized spacial score (nSPS) is 19.2. The Morgan fingerprint density at radius 1 is 1.47 bits per heavy atom. The lowest BCUT2D eigenvalue weighted by atomic mass is 10.1. The molecule has 1 aromatic carbocycles. The summed E-state index contributed by atoms with van der Waals surface area (Å²) < 4.78 is 30.6. The molecule has 2 rings (SSSR count). The smallest absolute Gasteiger partial charge is 0.273 e. The van der Waals surface area contributed by atoms with Gasteiger partial charge in [-0.3, -0.25) is 0 Å². The van der Waals surface area contributed by atoms with Crippen LogP contribution >= 0.6 is 0 Å². The van der Waals surface area contributed by atoms with Gasteiger partial charge in [0.2, 0.25) is 0 Å². The summed E-state index contributed by atoms with van der Waals surface area (Å²) >= 11 is 0. The molecule has 0 aliphatic carbocycles. The topological polar surface area (TPSA) is 21.6 Å². The van der Waals surface area contributed by atoms with Crippen LogP contribution in [0.25, 0.3) is 0 Å². The van der Waals surface area contributed by atoms with Crippen molar-refractivity contribution in [1.82, 2.24) is 0 Å². The van der Waals surface area contributed by atoms with Crippen LogP contribution in [0, 0.1) is 11.6 Å². The number of hydrogen-bond acceptors (Lipinski definition) is 2. The molecule has 1 aliphatic heterocycles. The second-order valence-corrected chi connectivity index (χ2v) is 3.46. The highest BCUT2D eigenvalue weighted by Crippen LogP contribution is 2.14. The molecule has 1 aliphatic rings. The van der Waals surface area contributed by atoms with Crippen LogP contribution in [0.3, 0.4) is 0 Å². The molecule has 0 aromatic heterocycles. The van der Waals surface area contributed by atoms with E-state index in [0.29, 0.717) is 25.0 Å². The van der Waals surface area contributed by atoms with Gasteiger partial charge in [-0.1, -0.05) is 6.07 Å². The van der Waals surface area contributed by atoms with E-state index >= 15 is 0 Å². The van der Waals surface area contributed by atoms with E-state index in [0.717, 1.165) is 6.07 Å². The molecule has 0 fully saturated rings. The van der Waals surface area contributed by atoms with Gasteiger partial charge in [-0.25, -0.2) is 13.8 Å². The Morgan fingerprint density at radius 2 is 2.33 bits per heavy atom. The Balaban J connectivity index is 1.95. The molecule has 4 heteroatoms. The summed E-state index contributed by atoms with van der Waals surface area (Å²) in [7, 11) is 0. The second-order valence-electron chi connectivity index (χ2n) is 3.46. The molecule has 1 aromatic rings. The van der Waals surface area contributed by atoms with Crippen molar-refractivity contribution >= 4 is 6.40 Å². The van der Waals surface area contributed by atoms with Crippen LogP contribution in [-0.4, -0.2) is 19.0 Å². The summed E-state index contributed by atoms with van der Waals surface area (Å²) in [5, 5.41) is 0. The number of rotatable bonds is 3. The summed E-state index contributed by atoms with van der Waals surface area (Å²) in [6, 6.07) is 3.68. The van der Waals surface area contributed by atoms with Gasteiger partial charge < -0.3 is 4.74 Å². The minimum absolute atomic E-state index is 0.0504. The molecule has 0 N–H and O–H groups in total. The largest absolute Gasteiger partial charge is 0.472 e. The quantitative estimate of drug-likeness (QED) is 0.749. The van der Waals surface area contributed by atoms with Gasteiger partial charge in [0.25, 0.3) is 6.40 Å². The number of benzene rings is 1. The van der Waals surface area contributed by atoms with Crippen LogP contribution in [0.4, 0.5) is 8.78 Å². The predicted molar refractivity (Wildman–Crippen MR) is 51.9 cm³/mol. The Hall–Kier alpha value is -1.45. The molecule has 0 saturated heterocycles. The molecule has 0 bridgehead atoms. The summed E-state index contributed by atoms with van der Waals surface area (Å²) in [4.78, 5) is 3.93. The van der Waals surface area contributed by atoms with Gasteiger partial charge in [0, 0.05) is 6.07 Å². The zero-order chi connectivity index (χ0) is 10.7. The fraction of sp³-hybridized carbons (Fsp3) is 0.364. The van der Waals surface area contributed by atoms with Gasteiger partial charge in [-0.2, -0.15) is 0 Å². The maximum Gasteiger partial charge on any atom is 0.273 e. The van der Waals surface area contributed by atoms with Gasteiger partial charge in [0.1, 0.15) is 18.2 Å². The van der Waals surface area contributed by atoms with Crippen molar-refractivity contribution in [2.45, 2.75) is 18.9 Å². The van der Waals surface area contributed by atoms with Crippen molar-refractivity contribution in [2.75, 3.05) is 6.61 Å². The maximum absolute atomic E-state index is 13.2. The molecule has 1 unspecified atom stereocenters. The molecule has 1 radical (unpaired) electrons. The summed E-state index contributed by atoms with van der Waals surface area (Å²) in [6.07, 6.45) is 3.63. The van der Waals surface area contributed by atoms with E-state index in [1.54, 1.807) is 0 Å². The molecule has 79 valence electrons. The summed E-state index contributed by atoms with van der Waals surface area (Å²) in [5.41, 5.74) is 0.513. The maximum atomic E-state index is 13.2. The number of ether oxygens (including phenoxy) is 1. The first-order chi connectivity index (χ1) is 7.25. The van der Waals surface area contributed by atoms with E-state index in [9.17, 15) is 8.78 Å². The SMILES string of the molecule is Fc1ccc(CCC2CO[C]=N2)c(F)c1. The van der Waals surface area contributed by atoms with E-state index in [2.05, 4.69) is 11.4 Å². The number of hydrogen-bond donors (Lipinski definition) is 0. The molecule has 2 nitrogen and oxygen atoms in total. The summed E-state index contributed by atoms with van der Waals surface area (Å²) in [5.74, 6) is -1.05. The lowest BCUT2D eigenvalue weighted by Crippen LogP contribution is -2.08. The number of aryl methyl sites for hydroxylation is 1. The van der Waals surface area contributed by atoms with Crippen LogP contribution in [-0.2, 0) is 11.2 Å². The predicted octanol–water partition coefficient (Wildman–Crippen LogP) is 2.20. The number of halogens is 2. The molecular weight excluding hydrogens is 200 g/mol. The highest BCUT2D eigenvalue weighted by Gasteiger charge is 2.13. The third-order valence-electron chi connectivity index (χ3n) is 2.34. The Bertz CT molecular complexity index is 379. The molecule has 1 atom stereocenters. The lowest BCUT2D eigenvalue weighted by molar-refractivity contribution is 0.321. The standard InChI is InChI=1S/C11H10F2NO/c12-9-3-1-8(11(13)5-9)2-4-10-6-15-7-14-10/h1,3,5,10H,2,4,6H2. The van der Waals surface area contributed by atoms with Gasteiger partial charge in [-0.05, 0) is 24.5 Å². The second kappa shape index (κ2) is 4.38. The van der Waals surface area contributed by atoms with Gasteiger partial charge >= 0.3 is 0 Å². The third kappa shape index (κ3) is 2.52. The number of aliphatic imine (C=N–C) groups is 1. The molecule has 0 amide bonds. The van der Waals surface area contributed by atoms with E-state index < -0.39 is 11.6 Å². The first kappa shape index (κ1) is 10.1. The van der Waals surface area contributed by atoms with Crippen LogP contribution in [0.1, 0.15) is 12.0 Å². The zero-order valence-electron chi connectivity index (χ0n) is 8.04. The van der Waals surface area contributed by atoms with Crippen molar-refractivity contribution in [3.63, 3.8) is 0 Å². The van der Waals surface area contributed by atoms with Crippen molar-refractivity contribution < 1.29 is 13.5 Å². The number of nitrogens with zero attached hydrogens (tertiary/aromatic N) is 1. The van der Waals surface area contributed by atoms with Crippen molar-refractivity contribution in [2.24, 2.45) is 4.99 Å². The first-order valence-electron chi connectivity index (χ1n) is 4.76.